The number of ether oxygens (including phenoxy) is 1. The van der Waals surface area contributed by atoms with E-state index in [1.807, 2.05) is 19.9 Å². The lowest BCUT2D eigenvalue weighted by Gasteiger charge is -2.35. The Morgan fingerprint density at radius 1 is 1.21 bits per heavy atom. The van der Waals surface area contributed by atoms with Gasteiger partial charge in [-0.15, -0.1) is 0 Å². The molecule has 1 aliphatic rings. The standard InChI is InChI=1S/C19H20N2O3/c1-12-10-14-7-8-16(19(23)24-3)21(17(14)11-13(12)2)18(22)15-6-4-5-9-20-15/h4-6,9-11,16H,7-8H2,1-3H3. The summed E-state index contributed by atoms with van der Waals surface area (Å²) < 4.78 is 4.92. The largest absolute Gasteiger partial charge is 0.467 e. The Hall–Kier alpha value is -2.69. The van der Waals surface area contributed by atoms with Crippen LogP contribution in [0.2, 0.25) is 0 Å². The van der Waals surface area contributed by atoms with Crippen molar-refractivity contribution >= 4 is 17.6 Å². The van der Waals surface area contributed by atoms with Crippen LogP contribution in [0.1, 0.15) is 33.6 Å². The number of benzene rings is 1. The third-order valence-electron chi connectivity index (χ3n) is 4.53. The summed E-state index contributed by atoms with van der Waals surface area (Å²) in [5.74, 6) is -0.682. The van der Waals surface area contributed by atoms with Crippen LogP contribution in [0.25, 0.3) is 0 Å². The van der Waals surface area contributed by atoms with Crippen LogP contribution in [0.3, 0.4) is 0 Å². The lowest BCUT2D eigenvalue weighted by atomic mass is 9.92. The van der Waals surface area contributed by atoms with Crippen LogP contribution >= 0.6 is 0 Å². The van der Waals surface area contributed by atoms with E-state index >= 15 is 0 Å². The van der Waals surface area contributed by atoms with Gasteiger partial charge in [0.2, 0.25) is 0 Å². The number of carbonyl (C=O) groups is 2. The average Bonchev–Trinajstić information content (AvgIpc) is 2.61. The van der Waals surface area contributed by atoms with E-state index in [-0.39, 0.29) is 5.91 Å². The van der Waals surface area contributed by atoms with Crippen LogP contribution in [0.4, 0.5) is 5.69 Å². The predicted molar refractivity (Wildman–Crippen MR) is 91.1 cm³/mol. The molecule has 2 heterocycles. The third kappa shape index (κ3) is 2.77. The van der Waals surface area contributed by atoms with E-state index in [1.54, 1.807) is 29.3 Å². The zero-order chi connectivity index (χ0) is 17.3. The van der Waals surface area contributed by atoms with E-state index < -0.39 is 12.0 Å². The molecule has 1 unspecified atom stereocenters. The van der Waals surface area contributed by atoms with Crippen LogP contribution in [0.5, 0.6) is 0 Å². The Morgan fingerprint density at radius 2 is 1.96 bits per heavy atom. The van der Waals surface area contributed by atoms with Gasteiger partial charge in [0.1, 0.15) is 11.7 Å². The second-order valence-corrected chi connectivity index (χ2v) is 6.03. The van der Waals surface area contributed by atoms with Crippen molar-refractivity contribution in [3.05, 3.63) is 58.9 Å². The summed E-state index contributed by atoms with van der Waals surface area (Å²) in [6.07, 6.45) is 2.86. The van der Waals surface area contributed by atoms with Gasteiger partial charge in [0.05, 0.1) is 7.11 Å². The van der Waals surface area contributed by atoms with Gasteiger partial charge in [0.25, 0.3) is 5.91 Å². The number of pyridine rings is 1. The average molecular weight is 324 g/mol. The first-order valence-electron chi connectivity index (χ1n) is 7.95. The molecule has 1 aliphatic heterocycles. The van der Waals surface area contributed by atoms with Crippen LogP contribution in [-0.2, 0) is 16.0 Å². The molecule has 124 valence electrons. The van der Waals surface area contributed by atoms with Gasteiger partial charge in [0.15, 0.2) is 0 Å². The van der Waals surface area contributed by atoms with E-state index in [0.29, 0.717) is 12.1 Å². The summed E-state index contributed by atoms with van der Waals surface area (Å²) in [7, 11) is 1.35. The molecule has 3 rings (SSSR count). The van der Waals surface area contributed by atoms with Gasteiger partial charge in [-0.2, -0.15) is 0 Å². The van der Waals surface area contributed by atoms with Crippen molar-refractivity contribution in [3.63, 3.8) is 0 Å². The topological polar surface area (TPSA) is 59.5 Å². The number of aryl methyl sites for hydroxylation is 3. The quantitative estimate of drug-likeness (QED) is 0.797. The van der Waals surface area contributed by atoms with E-state index in [1.165, 1.54) is 12.7 Å². The number of nitrogens with zero attached hydrogens (tertiary/aromatic N) is 2. The van der Waals surface area contributed by atoms with Crippen molar-refractivity contribution in [3.8, 4) is 0 Å². The van der Waals surface area contributed by atoms with Gasteiger partial charge in [-0.3, -0.25) is 14.7 Å². The van der Waals surface area contributed by atoms with Crippen LogP contribution in [-0.4, -0.2) is 30.0 Å². The lowest BCUT2D eigenvalue weighted by molar-refractivity contribution is -0.142. The molecule has 2 aromatic rings. The fraction of sp³-hybridized carbons (Fsp3) is 0.316. The molecule has 1 aromatic heterocycles. The maximum atomic E-state index is 13.0. The van der Waals surface area contributed by atoms with E-state index in [0.717, 1.165) is 23.2 Å². The number of fused-ring (bicyclic) bond motifs is 1. The van der Waals surface area contributed by atoms with Crippen molar-refractivity contribution in [2.75, 3.05) is 12.0 Å². The van der Waals surface area contributed by atoms with Crippen molar-refractivity contribution in [2.24, 2.45) is 0 Å². The maximum Gasteiger partial charge on any atom is 0.328 e. The van der Waals surface area contributed by atoms with E-state index in [2.05, 4.69) is 11.1 Å². The molecule has 0 aliphatic carbocycles. The van der Waals surface area contributed by atoms with Gasteiger partial charge >= 0.3 is 5.97 Å². The summed E-state index contributed by atoms with van der Waals surface area (Å²) in [6.45, 7) is 4.05. The molecule has 0 fully saturated rings. The number of rotatable bonds is 2. The van der Waals surface area contributed by atoms with Crippen molar-refractivity contribution < 1.29 is 14.3 Å². The molecule has 1 amide bonds. The Labute approximate surface area is 141 Å². The second-order valence-electron chi connectivity index (χ2n) is 6.03. The second kappa shape index (κ2) is 6.43. The van der Waals surface area contributed by atoms with Crippen LogP contribution in [0.15, 0.2) is 36.5 Å². The van der Waals surface area contributed by atoms with Gasteiger partial charge in [-0.25, -0.2) is 4.79 Å². The zero-order valence-electron chi connectivity index (χ0n) is 14.1. The Kier molecular flexibility index (Phi) is 4.34. The van der Waals surface area contributed by atoms with Gasteiger partial charge < -0.3 is 4.74 Å². The number of hydrogen-bond acceptors (Lipinski definition) is 4. The Balaban J connectivity index is 2.12. The fourth-order valence-corrected chi connectivity index (χ4v) is 3.10. The summed E-state index contributed by atoms with van der Waals surface area (Å²) >= 11 is 0. The highest BCUT2D eigenvalue weighted by atomic mass is 16.5. The van der Waals surface area contributed by atoms with Gasteiger partial charge in [0, 0.05) is 11.9 Å². The minimum atomic E-state index is -0.626. The molecular weight excluding hydrogens is 304 g/mol. The lowest BCUT2D eigenvalue weighted by Crippen LogP contribution is -2.49. The van der Waals surface area contributed by atoms with Crippen LogP contribution in [0, 0.1) is 13.8 Å². The molecular formula is C19H20N2O3. The molecule has 0 N–H and O–H groups in total. The number of anilines is 1. The number of esters is 1. The molecule has 1 aromatic carbocycles. The zero-order valence-corrected chi connectivity index (χ0v) is 14.1. The first-order chi connectivity index (χ1) is 11.5. The highest BCUT2D eigenvalue weighted by molar-refractivity contribution is 6.09. The van der Waals surface area contributed by atoms with Crippen LogP contribution < -0.4 is 4.90 Å². The van der Waals surface area contributed by atoms with Crippen molar-refractivity contribution in [2.45, 2.75) is 32.7 Å². The van der Waals surface area contributed by atoms with Gasteiger partial charge in [-0.1, -0.05) is 12.1 Å². The summed E-state index contributed by atoms with van der Waals surface area (Å²) in [6, 6.07) is 8.62. The molecule has 0 radical (unpaired) electrons. The minimum absolute atomic E-state index is 0.282. The fourth-order valence-electron chi connectivity index (χ4n) is 3.10. The highest BCUT2D eigenvalue weighted by Gasteiger charge is 2.37. The summed E-state index contributed by atoms with van der Waals surface area (Å²) in [5, 5.41) is 0. The molecule has 0 spiro atoms. The van der Waals surface area contributed by atoms with Crippen molar-refractivity contribution in [1.82, 2.24) is 4.98 Å². The number of methoxy groups -OCH3 is 1. The Bertz CT molecular complexity index is 787. The number of aromatic nitrogens is 1. The highest BCUT2D eigenvalue weighted by Crippen LogP contribution is 2.34. The number of hydrogen-bond donors (Lipinski definition) is 0. The molecule has 0 saturated heterocycles. The summed E-state index contributed by atoms with van der Waals surface area (Å²) in [4.78, 5) is 31.0. The molecule has 24 heavy (non-hydrogen) atoms. The van der Waals surface area contributed by atoms with E-state index in [4.69, 9.17) is 4.74 Å². The normalized spacial score (nSPS) is 16.5. The predicted octanol–water partition coefficient (Wildman–Crippen LogP) is 2.83. The molecule has 5 heteroatoms. The number of carbonyl (C=O) groups excluding carboxylic acids is 2. The SMILES string of the molecule is COC(=O)C1CCc2cc(C)c(C)cc2N1C(=O)c1ccccn1. The molecule has 1 atom stereocenters. The summed E-state index contributed by atoms with van der Waals surface area (Å²) in [5.41, 5.74) is 4.42. The minimum Gasteiger partial charge on any atom is -0.467 e. The third-order valence-corrected chi connectivity index (χ3v) is 4.53. The maximum absolute atomic E-state index is 13.0. The molecule has 0 bridgehead atoms. The molecule has 0 saturated carbocycles. The monoisotopic (exact) mass is 324 g/mol. The first-order valence-corrected chi connectivity index (χ1v) is 7.95. The number of amides is 1. The van der Waals surface area contributed by atoms with Crippen molar-refractivity contribution in [1.29, 1.82) is 0 Å². The molecule has 5 nitrogen and oxygen atoms in total. The Morgan fingerprint density at radius 3 is 2.62 bits per heavy atom. The smallest absolute Gasteiger partial charge is 0.328 e. The first kappa shape index (κ1) is 16.2. The van der Waals surface area contributed by atoms with E-state index in [9.17, 15) is 9.59 Å². The van der Waals surface area contributed by atoms with Gasteiger partial charge in [-0.05, 0) is 61.6 Å².